The average molecular weight is 624 g/mol. The van der Waals surface area contributed by atoms with Crippen LogP contribution in [0.1, 0.15) is 16.2 Å². The number of anilines is 1. The number of thioether (sulfide) groups is 1. The number of esters is 1. The van der Waals surface area contributed by atoms with Crippen molar-refractivity contribution < 1.29 is 19.1 Å². The van der Waals surface area contributed by atoms with Crippen molar-refractivity contribution in [1.82, 2.24) is 14.8 Å². The van der Waals surface area contributed by atoms with Crippen LogP contribution in [0.15, 0.2) is 65.7 Å². The minimum atomic E-state index is -0.556. The first-order valence-electron chi connectivity index (χ1n) is 11.3. The predicted molar refractivity (Wildman–Crippen MR) is 156 cm³/mol. The van der Waals surface area contributed by atoms with E-state index in [1.165, 1.54) is 30.2 Å². The third-order valence-corrected chi connectivity index (χ3v) is 7.94. The van der Waals surface area contributed by atoms with Gasteiger partial charge in [0.05, 0.1) is 17.9 Å². The van der Waals surface area contributed by atoms with Crippen LogP contribution in [-0.4, -0.2) is 39.5 Å². The Morgan fingerprint density at radius 3 is 2.59 bits per heavy atom. The van der Waals surface area contributed by atoms with Crippen molar-refractivity contribution in [2.75, 3.05) is 18.2 Å². The van der Waals surface area contributed by atoms with Gasteiger partial charge in [-0.05, 0) is 29.8 Å². The molecule has 0 spiro atoms. The van der Waals surface area contributed by atoms with E-state index in [2.05, 4.69) is 22.1 Å². The molecule has 0 aliphatic carbocycles. The molecule has 0 saturated heterocycles. The molecule has 13 heteroatoms. The smallest absolute Gasteiger partial charge is 0.341 e. The van der Waals surface area contributed by atoms with Gasteiger partial charge in [0.2, 0.25) is 5.91 Å². The van der Waals surface area contributed by atoms with E-state index in [0.29, 0.717) is 48.9 Å². The van der Waals surface area contributed by atoms with Crippen LogP contribution in [0, 0.1) is 0 Å². The fraction of sp³-hybridized carbons (Fsp3) is 0.154. The first kappa shape index (κ1) is 29.0. The zero-order valence-corrected chi connectivity index (χ0v) is 24.4. The molecule has 202 valence electrons. The fourth-order valence-electron chi connectivity index (χ4n) is 3.46. The van der Waals surface area contributed by atoms with E-state index >= 15 is 0 Å². The lowest BCUT2D eigenvalue weighted by atomic mass is 10.0. The fourth-order valence-corrected chi connectivity index (χ4v) is 5.66. The lowest BCUT2D eigenvalue weighted by molar-refractivity contribution is -0.113. The van der Waals surface area contributed by atoms with Gasteiger partial charge in [0.25, 0.3) is 0 Å². The Morgan fingerprint density at radius 2 is 1.87 bits per heavy atom. The summed E-state index contributed by atoms with van der Waals surface area (Å²) >= 11 is 20.6. The molecule has 0 atom stereocenters. The number of carbonyl (C=O) groups is 2. The van der Waals surface area contributed by atoms with E-state index in [1.54, 1.807) is 58.5 Å². The molecule has 8 nitrogen and oxygen atoms in total. The molecule has 0 fully saturated rings. The molecule has 0 unspecified atom stereocenters. The highest BCUT2D eigenvalue weighted by molar-refractivity contribution is 7.99. The van der Waals surface area contributed by atoms with Crippen molar-refractivity contribution in [3.8, 4) is 16.9 Å². The highest BCUT2D eigenvalue weighted by atomic mass is 35.5. The van der Waals surface area contributed by atoms with Crippen LogP contribution in [-0.2, 0) is 22.7 Å². The summed E-state index contributed by atoms with van der Waals surface area (Å²) in [7, 11) is 1.29. The van der Waals surface area contributed by atoms with E-state index in [1.807, 2.05) is 0 Å². The van der Waals surface area contributed by atoms with Gasteiger partial charge in [-0.25, -0.2) is 4.79 Å². The van der Waals surface area contributed by atoms with Crippen molar-refractivity contribution in [3.63, 3.8) is 0 Å². The van der Waals surface area contributed by atoms with Gasteiger partial charge in [0.1, 0.15) is 22.9 Å². The molecule has 2 aromatic carbocycles. The Morgan fingerprint density at radius 1 is 1.13 bits per heavy atom. The van der Waals surface area contributed by atoms with Gasteiger partial charge in [-0.2, -0.15) is 0 Å². The molecule has 1 N–H and O–H groups in total. The number of halogens is 3. The highest BCUT2D eigenvalue weighted by Crippen LogP contribution is 2.37. The quantitative estimate of drug-likeness (QED) is 0.107. The zero-order valence-electron chi connectivity index (χ0n) is 20.4. The van der Waals surface area contributed by atoms with Gasteiger partial charge in [0, 0.05) is 33.6 Å². The second-order valence-corrected chi connectivity index (χ2v) is 11.0. The summed E-state index contributed by atoms with van der Waals surface area (Å²) in [5.41, 5.74) is 1.69. The molecule has 0 saturated carbocycles. The van der Waals surface area contributed by atoms with Gasteiger partial charge in [0.15, 0.2) is 11.0 Å². The average Bonchev–Trinajstić information content (AvgIpc) is 3.52. The van der Waals surface area contributed by atoms with Gasteiger partial charge in [-0.3, -0.25) is 9.36 Å². The topological polar surface area (TPSA) is 95.3 Å². The maximum absolute atomic E-state index is 12.9. The van der Waals surface area contributed by atoms with Crippen LogP contribution < -0.4 is 10.1 Å². The number of aromatic nitrogens is 3. The first-order valence-corrected chi connectivity index (χ1v) is 14.3. The molecule has 2 aromatic heterocycles. The molecule has 4 rings (SSSR count). The maximum atomic E-state index is 12.9. The Balaban J connectivity index is 1.45. The van der Waals surface area contributed by atoms with E-state index in [0.717, 1.165) is 5.56 Å². The summed E-state index contributed by atoms with van der Waals surface area (Å²) in [6.07, 6.45) is 1.69. The Hall–Kier alpha value is -3.02. The van der Waals surface area contributed by atoms with Crippen molar-refractivity contribution in [1.29, 1.82) is 0 Å². The molecular weight excluding hydrogens is 603 g/mol. The Labute approximate surface area is 247 Å². The lowest BCUT2D eigenvalue weighted by Crippen LogP contribution is -2.16. The van der Waals surface area contributed by atoms with E-state index in [-0.39, 0.29) is 23.8 Å². The minimum absolute atomic E-state index is 0.0189. The molecule has 0 aliphatic heterocycles. The standard InChI is InChI=1S/C26H21Cl3N4O4S2/c1-3-10-33-21(12-37-20-11-17(28)8-9-19(20)29)31-32-26(33)39-14-22(34)30-24-23(25(35)36-2)18(13-38-24)15-4-6-16(27)7-5-15/h3-9,11,13H,1,10,12,14H2,2H3,(H,30,34). The van der Waals surface area contributed by atoms with Crippen molar-refractivity contribution in [2.45, 2.75) is 18.3 Å². The largest absolute Gasteiger partial charge is 0.484 e. The van der Waals surface area contributed by atoms with Crippen molar-refractivity contribution in [3.05, 3.63) is 87.0 Å². The number of allylic oxidation sites excluding steroid dienone is 1. The Bertz CT molecular complexity index is 1510. The number of nitrogens with one attached hydrogen (secondary N) is 1. The number of thiophene rings is 1. The number of methoxy groups -OCH3 is 1. The number of hydrogen-bond donors (Lipinski definition) is 1. The van der Waals surface area contributed by atoms with E-state index in [9.17, 15) is 9.59 Å². The summed E-state index contributed by atoms with van der Waals surface area (Å²) in [6.45, 7) is 4.27. The number of nitrogens with zero attached hydrogens (tertiary/aromatic N) is 3. The number of benzene rings is 2. The SMILES string of the molecule is C=CCn1c(COc2cc(Cl)ccc2Cl)nnc1SCC(=O)Nc1scc(-c2ccc(Cl)cc2)c1C(=O)OC. The molecule has 0 bridgehead atoms. The summed E-state index contributed by atoms with van der Waals surface area (Å²) in [4.78, 5) is 25.5. The molecule has 39 heavy (non-hydrogen) atoms. The predicted octanol–water partition coefficient (Wildman–Crippen LogP) is 7.25. The van der Waals surface area contributed by atoms with Crippen molar-refractivity contribution in [2.24, 2.45) is 0 Å². The van der Waals surface area contributed by atoms with Crippen LogP contribution in [0.2, 0.25) is 15.1 Å². The zero-order chi connectivity index (χ0) is 27.9. The number of ether oxygens (including phenoxy) is 2. The van der Waals surface area contributed by atoms with Crippen molar-refractivity contribution >= 4 is 74.8 Å². The maximum Gasteiger partial charge on any atom is 0.341 e. The molecule has 0 aliphatic rings. The minimum Gasteiger partial charge on any atom is -0.484 e. The van der Waals surface area contributed by atoms with Crippen LogP contribution in [0.5, 0.6) is 5.75 Å². The van der Waals surface area contributed by atoms with Crippen LogP contribution >= 0.6 is 57.9 Å². The van der Waals surface area contributed by atoms with Gasteiger partial charge >= 0.3 is 5.97 Å². The molecular formula is C26H21Cl3N4O4S2. The Kier molecular flexibility index (Phi) is 9.93. The normalized spacial score (nSPS) is 10.8. The van der Waals surface area contributed by atoms with Gasteiger partial charge in [-0.15, -0.1) is 28.1 Å². The first-order chi connectivity index (χ1) is 18.8. The third-order valence-electron chi connectivity index (χ3n) is 5.28. The van der Waals surface area contributed by atoms with Gasteiger partial charge in [-0.1, -0.05) is 64.8 Å². The third kappa shape index (κ3) is 7.14. The van der Waals surface area contributed by atoms with Crippen LogP contribution in [0.25, 0.3) is 11.1 Å². The summed E-state index contributed by atoms with van der Waals surface area (Å²) in [6, 6.07) is 12.0. The summed E-state index contributed by atoms with van der Waals surface area (Å²) < 4.78 is 12.5. The number of amides is 1. The second kappa shape index (κ2) is 13.4. The molecule has 0 radical (unpaired) electrons. The highest BCUT2D eigenvalue weighted by Gasteiger charge is 2.23. The number of hydrogen-bond acceptors (Lipinski definition) is 8. The monoisotopic (exact) mass is 622 g/mol. The molecule has 2 heterocycles. The number of rotatable bonds is 11. The lowest BCUT2D eigenvalue weighted by Gasteiger charge is -2.10. The number of carbonyl (C=O) groups excluding carboxylic acids is 2. The second-order valence-electron chi connectivity index (χ2n) is 7.85. The summed E-state index contributed by atoms with van der Waals surface area (Å²) in [5.74, 6) is 0.0741. The van der Waals surface area contributed by atoms with Crippen LogP contribution in [0.4, 0.5) is 5.00 Å². The van der Waals surface area contributed by atoms with Gasteiger partial charge < -0.3 is 14.8 Å². The van der Waals surface area contributed by atoms with Crippen LogP contribution in [0.3, 0.4) is 0 Å². The summed E-state index contributed by atoms with van der Waals surface area (Å²) in [5, 5.41) is 15.4. The van der Waals surface area contributed by atoms with E-state index < -0.39 is 5.97 Å². The molecule has 1 amide bonds. The molecule has 4 aromatic rings. The van der Waals surface area contributed by atoms with E-state index in [4.69, 9.17) is 44.3 Å².